The maximum Gasteiger partial charge on any atom is 0.328 e. The first-order chi connectivity index (χ1) is 9.94. The van der Waals surface area contributed by atoms with Gasteiger partial charge < -0.3 is 25.0 Å². The minimum atomic E-state index is -1.42. The second-order valence-electron chi connectivity index (χ2n) is 4.14. The lowest BCUT2D eigenvalue weighted by Gasteiger charge is -2.20. The Morgan fingerprint density at radius 3 is 2.48 bits per heavy atom. The van der Waals surface area contributed by atoms with E-state index in [0.717, 1.165) is 0 Å². The largest absolute Gasteiger partial charge is 0.493 e. The molecular weight excluding hydrogens is 282 g/mol. The van der Waals surface area contributed by atoms with Gasteiger partial charge in [0.05, 0.1) is 26.2 Å². The fourth-order valence-electron chi connectivity index (χ4n) is 1.68. The molecule has 0 heterocycles. The number of aliphatic hydroxyl groups excluding tert-OH is 1. The molecule has 2 atom stereocenters. The second kappa shape index (κ2) is 7.44. The fraction of sp³-hybridized carbons (Fsp3) is 0.462. The number of aliphatic hydroxyl groups is 1. The summed E-state index contributed by atoms with van der Waals surface area (Å²) in [7, 11) is 1.28. The van der Waals surface area contributed by atoms with E-state index in [4.69, 9.17) is 19.7 Å². The Labute approximate surface area is 121 Å². The van der Waals surface area contributed by atoms with Gasteiger partial charge in [-0.05, 0) is 19.1 Å². The molecule has 8 heteroatoms. The first kappa shape index (κ1) is 16.7. The highest BCUT2D eigenvalue weighted by molar-refractivity contribution is 6.08. The molecule has 2 unspecified atom stereocenters. The maximum atomic E-state index is 12.0. The molecule has 0 spiro atoms. The van der Waals surface area contributed by atoms with Crippen LogP contribution in [0.5, 0.6) is 0 Å². The lowest BCUT2D eigenvalue weighted by atomic mass is 9.98. The molecule has 3 N–H and O–H groups in total. The number of ether oxygens (including phenoxy) is 2. The number of amides is 1. The van der Waals surface area contributed by atoms with E-state index in [0.29, 0.717) is 0 Å². The van der Waals surface area contributed by atoms with Crippen LogP contribution in [0.1, 0.15) is 6.92 Å². The Balaban J connectivity index is 2.93. The van der Waals surface area contributed by atoms with Gasteiger partial charge in [-0.25, -0.2) is 4.79 Å². The van der Waals surface area contributed by atoms with Gasteiger partial charge in [0, 0.05) is 0 Å². The lowest BCUT2D eigenvalue weighted by molar-refractivity contribution is -0.143. The highest BCUT2D eigenvalue weighted by atomic mass is 16.5. The predicted molar refractivity (Wildman–Crippen MR) is 70.0 cm³/mol. The van der Waals surface area contributed by atoms with Gasteiger partial charge in [0.2, 0.25) is 5.91 Å². The Bertz CT molecular complexity index is 495. The van der Waals surface area contributed by atoms with Crippen molar-refractivity contribution in [2.24, 2.45) is 5.92 Å². The van der Waals surface area contributed by atoms with Crippen molar-refractivity contribution in [2.75, 3.05) is 20.3 Å². The molecule has 0 aromatic carbocycles. The fourth-order valence-corrected chi connectivity index (χ4v) is 1.68. The number of carbonyl (C=O) groups excluding carboxylic acids is 2. The monoisotopic (exact) mass is 299 g/mol. The van der Waals surface area contributed by atoms with Gasteiger partial charge in [0.25, 0.3) is 5.78 Å². The summed E-state index contributed by atoms with van der Waals surface area (Å²) in [5.41, 5.74) is 0. The molecular formula is C13H17NO7. The van der Waals surface area contributed by atoms with Crippen LogP contribution in [0.25, 0.3) is 0 Å². The number of hydrogen-bond acceptors (Lipinski definition) is 6. The zero-order valence-corrected chi connectivity index (χ0v) is 11.7. The third-order valence-corrected chi connectivity index (χ3v) is 2.73. The van der Waals surface area contributed by atoms with Crippen LogP contribution in [-0.4, -0.2) is 54.2 Å². The smallest absolute Gasteiger partial charge is 0.328 e. The minimum absolute atomic E-state index is 0.0344. The number of carboxylic acid groups (broad SMARTS) is 1. The normalized spacial score (nSPS) is 19.2. The summed E-state index contributed by atoms with van der Waals surface area (Å²) in [6, 6.07) is -1.42. The number of carboxylic acids is 1. The van der Waals surface area contributed by atoms with Crippen LogP contribution in [0.4, 0.5) is 0 Å². The van der Waals surface area contributed by atoms with Crippen LogP contribution in [0.15, 0.2) is 23.7 Å². The second-order valence-corrected chi connectivity index (χ2v) is 4.14. The van der Waals surface area contributed by atoms with Crippen molar-refractivity contribution in [3.05, 3.63) is 23.7 Å². The van der Waals surface area contributed by atoms with E-state index in [1.54, 1.807) is 6.92 Å². The first-order valence-electron chi connectivity index (χ1n) is 6.23. The van der Waals surface area contributed by atoms with Gasteiger partial charge >= 0.3 is 5.97 Å². The Hall–Kier alpha value is -2.35. The summed E-state index contributed by atoms with van der Waals surface area (Å²) in [5, 5.41) is 19.8. The van der Waals surface area contributed by atoms with Gasteiger partial charge in [-0.3, -0.25) is 9.59 Å². The van der Waals surface area contributed by atoms with Crippen LogP contribution in [0, 0.1) is 5.92 Å². The third kappa shape index (κ3) is 4.06. The molecule has 0 bridgehead atoms. The average molecular weight is 299 g/mol. The summed E-state index contributed by atoms with van der Waals surface area (Å²) >= 11 is 0. The summed E-state index contributed by atoms with van der Waals surface area (Å²) < 4.78 is 10.0. The van der Waals surface area contributed by atoms with Crippen molar-refractivity contribution >= 4 is 17.7 Å². The zero-order chi connectivity index (χ0) is 16.0. The summed E-state index contributed by atoms with van der Waals surface area (Å²) in [6.45, 7) is 1.17. The Morgan fingerprint density at radius 1 is 1.38 bits per heavy atom. The molecule has 1 amide bonds. The number of rotatable bonds is 7. The topological polar surface area (TPSA) is 122 Å². The quantitative estimate of drug-likeness (QED) is 0.562. The van der Waals surface area contributed by atoms with E-state index >= 15 is 0 Å². The Morgan fingerprint density at radius 2 is 2.00 bits per heavy atom. The number of methoxy groups -OCH3 is 1. The first-order valence-corrected chi connectivity index (χ1v) is 6.23. The predicted octanol–water partition coefficient (Wildman–Crippen LogP) is -0.802. The number of aliphatic carboxylic acids is 1. The molecule has 116 valence electrons. The van der Waals surface area contributed by atoms with Crippen LogP contribution >= 0.6 is 0 Å². The number of carbonyl (C=O) groups is 3. The minimum Gasteiger partial charge on any atom is -0.493 e. The number of nitrogens with one attached hydrogen (secondary N) is 1. The maximum absolute atomic E-state index is 12.0. The molecule has 0 aromatic heterocycles. The summed E-state index contributed by atoms with van der Waals surface area (Å²) in [6.07, 6.45) is 2.54. The van der Waals surface area contributed by atoms with E-state index in [1.165, 1.54) is 19.3 Å². The van der Waals surface area contributed by atoms with Crippen molar-refractivity contribution in [1.29, 1.82) is 0 Å². The molecule has 1 rings (SSSR count). The zero-order valence-electron chi connectivity index (χ0n) is 11.7. The van der Waals surface area contributed by atoms with Crippen molar-refractivity contribution in [3.8, 4) is 0 Å². The molecule has 0 aromatic rings. The van der Waals surface area contributed by atoms with Crippen LogP contribution in [-0.2, 0) is 23.9 Å². The van der Waals surface area contributed by atoms with E-state index < -0.39 is 36.2 Å². The standard InChI is InChI=1S/C13H17NO7/c1-3-21-10-5-7(4-9(20-2)11(10)16)12(17)14-8(6-15)13(18)19/h4-5,7-8,15H,3,6H2,1-2H3,(H,14,17)(H,18,19). The lowest BCUT2D eigenvalue weighted by Crippen LogP contribution is -2.45. The molecule has 0 radical (unpaired) electrons. The number of ketones is 1. The highest BCUT2D eigenvalue weighted by Gasteiger charge is 2.30. The molecule has 0 saturated heterocycles. The number of hydrogen-bond donors (Lipinski definition) is 3. The van der Waals surface area contributed by atoms with Crippen molar-refractivity contribution in [1.82, 2.24) is 5.32 Å². The SMILES string of the molecule is CCOC1=CC(C(=O)NC(CO)C(=O)O)C=C(OC)C1=O. The van der Waals surface area contributed by atoms with Gasteiger partial charge in [0.15, 0.2) is 11.5 Å². The molecule has 21 heavy (non-hydrogen) atoms. The van der Waals surface area contributed by atoms with Crippen molar-refractivity contribution in [2.45, 2.75) is 13.0 Å². The van der Waals surface area contributed by atoms with Crippen molar-refractivity contribution < 1.29 is 34.1 Å². The highest BCUT2D eigenvalue weighted by Crippen LogP contribution is 2.21. The van der Waals surface area contributed by atoms with Gasteiger partial charge in [-0.1, -0.05) is 0 Å². The summed E-state index contributed by atoms with van der Waals surface area (Å²) in [4.78, 5) is 34.6. The summed E-state index contributed by atoms with van der Waals surface area (Å²) in [5.74, 6) is -3.55. The molecule has 0 aliphatic heterocycles. The van der Waals surface area contributed by atoms with Crippen LogP contribution < -0.4 is 5.32 Å². The average Bonchev–Trinajstić information content (AvgIpc) is 2.46. The molecule has 1 aliphatic rings. The van der Waals surface area contributed by atoms with Gasteiger partial charge in [-0.2, -0.15) is 0 Å². The van der Waals surface area contributed by atoms with Gasteiger partial charge in [-0.15, -0.1) is 0 Å². The molecule has 0 fully saturated rings. The van der Waals surface area contributed by atoms with E-state index in [1.807, 2.05) is 0 Å². The van der Waals surface area contributed by atoms with E-state index in [9.17, 15) is 14.4 Å². The van der Waals surface area contributed by atoms with Crippen LogP contribution in [0.2, 0.25) is 0 Å². The molecule has 0 saturated carbocycles. The molecule has 8 nitrogen and oxygen atoms in total. The third-order valence-electron chi connectivity index (χ3n) is 2.73. The van der Waals surface area contributed by atoms with Crippen LogP contribution in [0.3, 0.4) is 0 Å². The number of Topliss-reactive ketones (excluding diaryl/α,β-unsaturated/α-hetero) is 1. The Kier molecular flexibility index (Phi) is 5.92. The van der Waals surface area contributed by atoms with Gasteiger partial charge in [0.1, 0.15) is 6.04 Å². The molecule has 1 aliphatic carbocycles. The van der Waals surface area contributed by atoms with E-state index in [-0.39, 0.29) is 18.1 Å². The van der Waals surface area contributed by atoms with E-state index in [2.05, 4.69) is 5.32 Å². The van der Waals surface area contributed by atoms with Crippen molar-refractivity contribution in [3.63, 3.8) is 0 Å².